The zero-order valence-corrected chi connectivity index (χ0v) is 13.1. The number of carboxylic acids is 1. The third kappa shape index (κ3) is 5.08. The highest BCUT2D eigenvalue weighted by molar-refractivity contribution is 7.89. The maximum atomic E-state index is 12.0. The second kappa shape index (κ2) is 7.50. The second-order valence-corrected chi connectivity index (χ2v) is 6.70. The first-order chi connectivity index (χ1) is 9.77. The minimum Gasteiger partial charge on any atom is -0.477 e. The average Bonchev–Trinajstić information content (AvgIpc) is 2.88. The zero-order chi connectivity index (χ0) is 16.0. The molecule has 0 aromatic carbocycles. The number of amides is 1. The Morgan fingerprint density at radius 1 is 1.48 bits per heavy atom. The van der Waals surface area contributed by atoms with Crippen LogP contribution in [0.15, 0.2) is 16.3 Å². The van der Waals surface area contributed by atoms with E-state index in [2.05, 4.69) is 10.0 Å². The Balaban J connectivity index is 2.70. The van der Waals surface area contributed by atoms with E-state index in [1.54, 1.807) is 0 Å². The van der Waals surface area contributed by atoms with Crippen molar-refractivity contribution in [2.45, 2.75) is 17.9 Å². The Bertz CT molecular complexity index is 610. The van der Waals surface area contributed by atoms with Crippen LogP contribution in [0.1, 0.15) is 16.6 Å². The summed E-state index contributed by atoms with van der Waals surface area (Å²) in [5.74, 6) is -1.70. The van der Waals surface area contributed by atoms with Gasteiger partial charge < -0.3 is 15.2 Å². The molecule has 0 aliphatic heterocycles. The molecule has 1 atom stereocenters. The summed E-state index contributed by atoms with van der Waals surface area (Å²) < 4.78 is 31.0. The lowest BCUT2D eigenvalue weighted by Gasteiger charge is -2.13. The van der Waals surface area contributed by atoms with Crippen LogP contribution in [0.3, 0.4) is 0 Å². The van der Waals surface area contributed by atoms with Gasteiger partial charge in [0.15, 0.2) is 0 Å². The molecule has 1 aromatic rings. The third-order valence-corrected chi connectivity index (χ3v) is 5.01. The molecule has 0 aliphatic rings. The van der Waals surface area contributed by atoms with Crippen LogP contribution in [0.2, 0.25) is 0 Å². The molecule has 0 fully saturated rings. The molecular formula is C11H16N2O6S2. The molecule has 0 aliphatic carbocycles. The van der Waals surface area contributed by atoms with Gasteiger partial charge in [-0.3, -0.25) is 4.79 Å². The number of hydrogen-bond acceptors (Lipinski definition) is 6. The number of thiophene rings is 1. The molecule has 0 spiro atoms. The lowest BCUT2D eigenvalue weighted by molar-refractivity contribution is -0.122. The molecule has 10 heteroatoms. The minimum atomic E-state index is -3.94. The maximum absolute atomic E-state index is 12.0. The lowest BCUT2D eigenvalue weighted by Crippen LogP contribution is -2.45. The summed E-state index contributed by atoms with van der Waals surface area (Å²) in [7, 11) is -2.46. The molecule has 21 heavy (non-hydrogen) atoms. The van der Waals surface area contributed by atoms with Crippen molar-refractivity contribution in [3.8, 4) is 0 Å². The Hall–Kier alpha value is -1.49. The number of carbonyl (C=O) groups is 2. The van der Waals surface area contributed by atoms with Crippen molar-refractivity contribution >= 4 is 33.2 Å². The number of ether oxygens (including phenoxy) is 1. The fraction of sp³-hybridized carbons (Fsp3) is 0.455. The predicted molar refractivity (Wildman–Crippen MR) is 75.9 cm³/mol. The summed E-state index contributed by atoms with van der Waals surface area (Å²) in [6, 6.07) is 0.0604. The molecule has 1 rings (SSSR count). The van der Waals surface area contributed by atoms with Gasteiger partial charge >= 0.3 is 5.97 Å². The summed E-state index contributed by atoms with van der Waals surface area (Å²) in [4.78, 5) is 22.1. The highest BCUT2D eigenvalue weighted by atomic mass is 32.2. The van der Waals surface area contributed by atoms with Gasteiger partial charge in [-0.15, -0.1) is 11.3 Å². The van der Waals surface area contributed by atoms with Crippen LogP contribution in [-0.2, 0) is 19.6 Å². The van der Waals surface area contributed by atoms with Gasteiger partial charge in [-0.25, -0.2) is 13.2 Å². The standard InChI is InChI=1S/C11H16N2O6S2/c1-7(10(14)12-3-4-19-2)13-21(17,18)8-5-9(11(15)16)20-6-8/h5-7,13H,3-4H2,1-2H3,(H,12,14)(H,15,16). The quantitative estimate of drug-likeness (QED) is 0.569. The number of aromatic carboxylic acids is 1. The van der Waals surface area contributed by atoms with E-state index in [9.17, 15) is 18.0 Å². The van der Waals surface area contributed by atoms with Gasteiger partial charge in [-0.2, -0.15) is 4.72 Å². The SMILES string of the molecule is COCCNC(=O)C(C)NS(=O)(=O)c1csc(C(=O)O)c1. The van der Waals surface area contributed by atoms with Crippen LogP contribution >= 0.6 is 11.3 Å². The molecule has 0 bridgehead atoms. The van der Waals surface area contributed by atoms with E-state index in [1.807, 2.05) is 0 Å². The first-order valence-corrected chi connectivity index (χ1v) is 8.25. The van der Waals surface area contributed by atoms with Crippen LogP contribution in [-0.4, -0.2) is 51.7 Å². The second-order valence-electron chi connectivity index (χ2n) is 4.08. The van der Waals surface area contributed by atoms with Gasteiger partial charge in [0, 0.05) is 19.0 Å². The highest BCUT2D eigenvalue weighted by Gasteiger charge is 2.23. The van der Waals surface area contributed by atoms with Crippen LogP contribution in [0, 0.1) is 0 Å². The number of methoxy groups -OCH3 is 1. The molecule has 8 nitrogen and oxygen atoms in total. The van der Waals surface area contributed by atoms with Crippen molar-refractivity contribution in [2.24, 2.45) is 0 Å². The first kappa shape index (κ1) is 17.6. The number of carbonyl (C=O) groups excluding carboxylic acids is 1. The van der Waals surface area contributed by atoms with E-state index in [-0.39, 0.29) is 16.3 Å². The van der Waals surface area contributed by atoms with Crippen LogP contribution in [0.25, 0.3) is 0 Å². The Kier molecular flexibility index (Phi) is 6.27. The summed E-state index contributed by atoms with van der Waals surface area (Å²) in [6.07, 6.45) is 0. The smallest absolute Gasteiger partial charge is 0.345 e. The number of rotatable bonds is 8. The topological polar surface area (TPSA) is 122 Å². The molecule has 1 amide bonds. The van der Waals surface area contributed by atoms with Crippen molar-refractivity contribution in [3.05, 3.63) is 16.3 Å². The Labute approximate surface area is 126 Å². The maximum Gasteiger partial charge on any atom is 0.345 e. The van der Waals surface area contributed by atoms with Crippen molar-refractivity contribution in [2.75, 3.05) is 20.3 Å². The molecule has 3 N–H and O–H groups in total. The van der Waals surface area contributed by atoms with Crippen LogP contribution in [0.5, 0.6) is 0 Å². The van der Waals surface area contributed by atoms with E-state index >= 15 is 0 Å². The Morgan fingerprint density at radius 3 is 2.67 bits per heavy atom. The van der Waals surface area contributed by atoms with Gasteiger partial charge in [0.25, 0.3) is 0 Å². The van der Waals surface area contributed by atoms with Gasteiger partial charge in [-0.05, 0) is 13.0 Å². The fourth-order valence-corrected chi connectivity index (χ4v) is 3.67. The van der Waals surface area contributed by atoms with E-state index in [0.717, 1.165) is 17.4 Å². The van der Waals surface area contributed by atoms with E-state index < -0.39 is 27.9 Å². The van der Waals surface area contributed by atoms with Crippen molar-refractivity contribution < 1.29 is 27.9 Å². The molecule has 0 radical (unpaired) electrons. The van der Waals surface area contributed by atoms with Crippen LogP contribution < -0.4 is 10.0 Å². The largest absolute Gasteiger partial charge is 0.477 e. The summed E-state index contributed by atoms with van der Waals surface area (Å²) in [5, 5.41) is 12.5. The molecule has 0 saturated carbocycles. The molecule has 1 heterocycles. The lowest BCUT2D eigenvalue weighted by atomic mass is 10.3. The molecule has 1 unspecified atom stereocenters. The van der Waals surface area contributed by atoms with Gasteiger partial charge in [0.1, 0.15) is 4.88 Å². The van der Waals surface area contributed by atoms with Gasteiger partial charge in [0.2, 0.25) is 15.9 Å². The number of carboxylic acid groups (broad SMARTS) is 1. The van der Waals surface area contributed by atoms with Crippen LogP contribution in [0.4, 0.5) is 0 Å². The summed E-state index contributed by atoms with van der Waals surface area (Å²) >= 11 is 0.801. The van der Waals surface area contributed by atoms with Crippen molar-refractivity contribution in [1.29, 1.82) is 0 Å². The average molecular weight is 336 g/mol. The highest BCUT2D eigenvalue weighted by Crippen LogP contribution is 2.19. The Morgan fingerprint density at radius 2 is 2.14 bits per heavy atom. The monoisotopic (exact) mass is 336 g/mol. The zero-order valence-electron chi connectivity index (χ0n) is 11.5. The fourth-order valence-electron chi connectivity index (χ4n) is 1.36. The normalized spacial score (nSPS) is 12.9. The third-order valence-electron chi connectivity index (χ3n) is 2.43. The number of sulfonamides is 1. The van der Waals surface area contributed by atoms with Crippen molar-refractivity contribution in [3.63, 3.8) is 0 Å². The summed E-state index contributed by atoms with van der Waals surface area (Å²) in [6.45, 7) is 1.98. The number of hydrogen-bond donors (Lipinski definition) is 3. The molecule has 1 aromatic heterocycles. The van der Waals surface area contributed by atoms with E-state index in [0.29, 0.717) is 6.61 Å². The van der Waals surface area contributed by atoms with E-state index in [1.165, 1.54) is 19.4 Å². The molecule has 0 saturated heterocycles. The van der Waals surface area contributed by atoms with Gasteiger partial charge in [0.05, 0.1) is 17.5 Å². The first-order valence-electron chi connectivity index (χ1n) is 5.88. The van der Waals surface area contributed by atoms with Crippen molar-refractivity contribution in [1.82, 2.24) is 10.0 Å². The van der Waals surface area contributed by atoms with Gasteiger partial charge in [-0.1, -0.05) is 0 Å². The molecule has 118 valence electrons. The summed E-state index contributed by atoms with van der Waals surface area (Å²) in [5.41, 5.74) is 0. The number of nitrogens with one attached hydrogen (secondary N) is 2. The van der Waals surface area contributed by atoms with E-state index in [4.69, 9.17) is 9.84 Å². The predicted octanol–water partition coefficient (Wildman–Crippen LogP) is -0.124. The molecular weight excluding hydrogens is 320 g/mol. The minimum absolute atomic E-state index is 0.0902.